The Bertz CT molecular complexity index is 437. The maximum absolute atomic E-state index is 4.46. The molecular formula is C15H19N2+. The number of hydrogen-bond donors (Lipinski definition) is 1. The van der Waals surface area contributed by atoms with Crippen LogP contribution in [0, 0.1) is 0 Å². The molecule has 2 nitrogen and oxygen atoms in total. The van der Waals surface area contributed by atoms with Gasteiger partial charge < -0.3 is 0 Å². The maximum atomic E-state index is 4.46. The Kier molecular flexibility index (Phi) is 3.89. The van der Waals surface area contributed by atoms with E-state index in [1.807, 2.05) is 12.3 Å². The zero-order valence-electron chi connectivity index (χ0n) is 10.4. The highest BCUT2D eigenvalue weighted by atomic mass is 15.2. The minimum absolute atomic E-state index is 0.519. The van der Waals surface area contributed by atoms with Gasteiger partial charge in [0.2, 0.25) is 5.82 Å². The zero-order valence-corrected chi connectivity index (χ0v) is 10.4. The van der Waals surface area contributed by atoms with Crippen molar-refractivity contribution in [1.82, 2.24) is 4.98 Å². The van der Waals surface area contributed by atoms with Gasteiger partial charge in [0.25, 0.3) is 0 Å². The number of pyridine rings is 1. The number of benzene rings is 1. The molecule has 1 N–H and O–H groups in total. The van der Waals surface area contributed by atoms with Gasteiger partial charge in [-0.25, -0.2) is 4.98 Å². The molecule has 0 fully saturated rings. The van der Waals surface area contributed by atoms with E-state index in [1.54, 1.807) is 0 Å². The largest absolute Gasteiger partial charge is 0.280 e. The van der Waals surface area contributed by atoms with Gasteiger partial charge in [-0.2, -0.15) is 0 Å². The predicted molar refractivity (Wildman–Crippen MR) is 70.1 cm³/mol. The fraction of sp³-hybridized carbons (Fsp3) is 0.267. The van der Waals surface area contributed by atoms with Gasteiger partial charge in [-0.1, -0.05) is 36.4 Å². The fourth-order valence-electron chi connectivity index (χ4n) is 1.96. The van der Waals surface area contributed by atoms with Crippen LogP contribution >= 0.6 is 0 Å². The molecule has 1 atom stereocenters. The third-order valence-electron chi connectivity index (χ3n) is 2.93. The smallest absolute Gasteiger partial charge is 0.226 e. The number of rotatable bonds is 4. The van der Waals surface area contributed by atoms with Gasteiger partial charge in [0, 0.05) is 17.8 Å². The average molecular weight is 227 g/mol. The summed E-state index contributed by atoms with van der Waals surface area (Å²) in [4.78, 5) is 5.86. The molecule has 0 saturated heterocycles. The Hall–Kier alpha value is -1.67. The number of nitrogens with zero attached hydrogens (tertiary/aromatic N) is 1. The summed E-state index contributed by atoms with van der Waals surface area (Å²) in [5.41, 5.74) is 1.35. The molecule has 0 aliphatic carbocycles. The second-order valence-electron chi connectivity index (χ2n) is 4.56. The van der Waals surface area contributed by atoms with Crippen LogP contribution in [0.25, 0.3) is 0 Å². The first-order valence-corrected chi connectivity index (χ1v) is 6.08. The van der Waals surface area contributed by atoms with Gasteiger partial charge >= 0.3 is 0 Å². The Morgan fingerprint density at radius 1 is 1.00 bits per heavy atom. The summed E-state index contributed by atoms with van der Waals surface area (Å²) >= 11 is 0. The molecule has 2 heteroatoms. The Labute approximate surface area is 103 Å². The Morgan fingerprint density at radius 3 is 2.29 bits per heavy atom. The quantitative estimate of drug-likeness (QED) is 0.847. The first-order chi connectivity index (χ1) is 8.27. The molecule has 1 aromatic heterocycles. The van der Waals surface area contributed by atoms with Crippen molar-refractivity contribution >= 4 is 5.82 Å². The minimum Gasteiger partial charge on any atom is -0.280 e. The SMILES string of the molecule is CC(C)[NH+](Cc1ccccc1)c1ccccn1. The van der Waals surface area contributed by atoms with Crippen LogP contribution in [-0.2, 0) is 6.54 Å². The molecule has 1 aromatic carbocycles. The van der Waals surface area contributed by atoms with Crippen LogP contribution in [0.3, 0.4) is 0 Å². The molecule has 1 unspecified atom stereocenters. The lowest BCUT2D eigenvalue weighted by Crippen LogP contribution is -3.09. The first-order valence-electron chi connectivity index (χ1n) is 6.08. The maximum Gasteiger partial charge on any atom is 0.226 e. The lowest BCUT2D eigenvalue weighted by Gasteiger charge is -2.21. The molecular weight excluding hydrogens is 208 g/mol. The van der Waals surface area contributed by atoms with Gasteiger partial charge in [-0.05, 0) is 19.9 Å². The summed E-state index contributed by atoms with van der Waals surface area (Å²) in [5.74, 6) is 1.12. The van der Waals surface area contributed by atoms with Crippen molar-refractivity contribution in [3.63, 3.8) is 0 Å². The van der Waals surface area contributed by atoms with Crippen LogP contribution in [0.5, 0.6) is 0 Å². The molecule has 0 spiro atoms. The van der Waals surface area contributed by atoms with E-state index in [9.17, 15) is 0 Å². The zero-order chi connectivity index (χ0) is 12.1. The molecule has 0 saturated carbocycles. The highest BCUT2D eigenvalue weighted by molar-refractivity contribution is 5.18. The van der Waals surface area contributed by atoms with Crippen LogP contribution < -0.4 is 4.90 Å². The summed E-state index contributed by atoms with van der Waals surface area (Å²) in [6.45, 7) is 5.44. The van der Waals surface area contributed by atoms with Crippen molar-refractivity contribution in [2.24, 2.45) is 0 Å². The van der Waals surface area contributed by atoms with Gasteiger partial charge in [0.1, 0.15) is 6.54 Å². The lowest BCUT2D eigenvalue weighted by molar-refractivity contribution is -0.872. The molecule has 1 heterocycles. The van der Waals surface area contributed by atoms with Crippen molar-refractivity contribution < 1.29 is 4.90 Å². The van der Waals surface area contributed by atoms with E-state index in [2.05, 4.69) is 61.3 Å². The van der Waals surface area contributed by atoms with E-state index in [0.29, 0.717) is 6.04 Å². The summed E-state index contributed by atoms with van der Waals surface area (Å²) in [6.07, 6.45) is 1.86. The van der Waals surface area contributed by atoms with Crippen molar-refractivity contribution in [3.05, 3.63) is 60.3 Å². The third kappa shape index (κ3) is 3.14. The Balaban J connectivity index is 2.20. The van der Waals surface area contributed by atoms with Crippen LogP contribution in [0.2, 0.25) is 0 Å². The van der Waals surface area contributed by atoms with Crippen LogP contribution in [-0.4, -0.2) is 11.0 Å². The van der Waals surface area contributed by atoms with E-state index in [1.165, 1.54) is 10.5 Å². The van der Waals surface area contributed by atoms with E-state index >= 15 is 0 Å². The van der Waals surface area contributed by atoms with Gasteiger partial charge in [-0.3, -0.25) is 4.90 Å². The summed E-state index contributed by atoms with van der Waals surface area (Å²) in [7, 11) is 0. The second kappa shape index (κ2) is 5.60. The standard InChI is InChI=1S/C15H18N2/c1-13(2)17(15-10-6-7-11-16-15)12-14-8-4-3-5-9-14/h3-11,13H,12H2,1-2H3/p+1. The van der Waals surface area contributed by atoms with Crippen molar-refractivity contribution in [2.45, 2.75) is 26.4 Å². The van der Waals surface area contributed by atoms with E-state index < -0.39 is 0 Å². The molecule has 2 rings (SSSR count). The van der Waals surface area contributed by atoms with Crippen LogP contribution in [0.4, 0.5) is 5.82 Å². The summed E-state index contributed by atoms with van der Waals surface area (Å²) in [5, 5.41) is 0. The van der Waals surface area contributed by atoms with Crippen LogP contribution in [0.15, 0.2) is 54.7 Å². The number of quaternary nitrogens is 1. The molecule has 88 valence electrons. The van der Waals surface area contributed by atoms with E-state index in [-0.39, 0.29) is 0 Å². The molecule has 17 heavy (non-hydrogen) atoms. The molecule has 0 amide bonds. The highest BCUT2D eigenvalue weighted by Gasteiger charge is 2.17. The van der Waals surface area contributed by atoms with Gasteiger partial charge in [-0.15, -0.1) is 0 Å². The predicted octanol–water partition coefficient (Wildman–Crippen LogP) is 2.21. The number of nitrogens with one attached hydrogen (secondary N) is 1. The molecule has 2 aromatic rings. The summed E-state index contributed by atoms with van der Waals surface area (Å²) in [6, 6.07) is 17.2. The lowest BCUT2D eigenvalue weighted by atomic mass is 10.2. The average Bonchev–Trinajstić information content (AvgIpc) is 2.38. The topological polar surface area (TPSA) is 17.3 Å². The highest BCUT2D eigenvalue weighted by Crippen LogP contribution is 2.00. The molecule has 0 aliphatic rings. The van der Waals surface area contributed by atoms with Crippen molar-refractivity contribution in [3.8, 4) is 0 Å². The molecule has 0 aliphatic heterocycles. The fourth-order valence-corrected chi connectivity index (χ4v) is 1.96. The normalized spacial score (nSPS) is 12.6. The van der Waals surface area contributed by atoms with Crippen molar-refractivity contribution in [2.75, 3.05) is 0 Å². The first kappa shape index (κ1) is 11.8. The Morgan fingerprint density at radius 2 is 1.71 bits per heavy atom. The van der Waals surface area contributed by atoms with Gasteiger partial charge in [0.05, 0.1) is 6.04 Å². The third-order valence-corrected chi connectivity index (χ3v) is 2.93. The number of hydrogen-bond acceptors (Lipinski definition) is 1. The van der Waals surface area contributed by atoms with Crippen LogP contribution in [0.1, 0.15) is 19.4 Å². The van der Waals surface area contributed by atoms with Crippen molar-refractivity contribution in [1.29, 1.82) is 0 Å². The second-order valence-corrected chi connectivity index (χ2v) is 4.56. The van der Waals surface area contributed by atoms with E-state index in [4.69, 9.17) is 0 Å². The monoisotopic (exact) mass is 227 g/mol. The number of aromatic nitrogens is 1. The summed E-state index contributed by atoms with van der Waals surface area (Å²) < 4.78 is 0. The molecule has 0 radical (unpaired) electrons. The molecule has 0 bridgehead atoms. The minimum atomic E-state index is 0.519. The van der Waals surface area contributed by atoms with Gasteiger partial charge in [0.15, 0.2) is 0 Å². The van der Waals surface area contributed by atoms with E-state index in [0.717, 1.165) is 12.4 Å².